The van der Waals surface area contributed by atoms with E-state index in [9.17, 15) is 0 Å². The van der Waals surface area contributed by atoms with Crippen LogP contribution in [-0.4, -0.2) is 13.9 Å². The molecule has 0 aliphatic carbocycles. The van der Waals surface area contributed by atoms with Gasteiger partial charge in [-0.15, -0.1) is 0 Å². The smallest absolute Gasteiger partial charge is 0.185 e. The minimum absolute atomic E-state index is 0.501. The standard InChI is InChI=1S/C10H21NOSi/c1-9(2)7-10(3,8-11)12-13(4,5)6/h9H,7H2,1-6H3. The molecule has 0 aromatic heterocycles. The molecule has 0 N–H and O–H groups in total. The van der Waals surface area contributed by atoms with Crippen molar-refractivity contribution in [3.63, 3.8) is 0 Å². The molecule has 0 spiro atoms. The summed E-state index contributed by atoms with van der Waals surface area (Å²) in [6.45, 7) is 12.5. The summed E-state index contributed by atoms with van der Waals surface area (Å²) >= 11 is 0. The molecule has 0 amide bonds. The summed E-state index contributed by atoms with van der Waals surface area (Å²) in [5.74, 6) is 0.501. The van der Waals surface area contributed by atoms with Gasteiger partial charge in [0.05, 0.1) is 6.07 Å². The van der Waals surface area contributed by atoms with Crippen molar-refractivity contribution in [1.29, 1.82) is 5.26 Å². The molecule has 0 bridgehead atoms. The zero-order valence-electron chi connectivity index (χ0n) is 9.64. The van der Waals surface area contributed by atoms with Gasteiger partial charge in [-0.05, 0) is 38.9 Å². The Balaban J connectivity index is 4.40. The summed E-state index contributed by atoms with van der Waals surface area (Å²) in [6.07, 6.45) is 0.813. The lowest BCUT2D eigenvalue weighted by Gasteiger charge is -2.31. The second kappa shape index (κ2) is 4.25. The van der Waals surface area contributed by atoms with Crippen molar-refractivity contribution in [2.45, 2.75) is 52.4 Å². The first-order valence-corrected chi connectivity index (χ1v) is 8.21. The Kier molecular flexibility index (Phi) is 4.14. The lowest BCUT2D eigenvalue weighted by Crippen LogP contribution is -2.40. The maximum atomic E-state index is 9.04. The van der Waals surface area contributed by atoms with Crippen LogP contribution in [0.15, 0.2) is 0 Å². The van der Waals surface area contributed by atoms with Gasteiger partial charge in [-0.25, -0.2) is 0 Å². The molecule has 1 unspecified atom stereocenters. The van der Waals surface area contributed by atoms with Crippen molar-refractivity contribution in [2.24, 2.45) is 5.92 Å². The van der Waals surface area contributed by atoms with E-state index in [2.05, 4.69) is 39.6 Å². The minimum atomic E-state index is -1.60. The van der Waals surface area contributed by atoms with Crippen LogP contribution in [0.4, 0.5) is 0 Å². The molecule has 0 aromatic carbocycles. The average molecular weight is 199 g/mol. The number of rotatable bonds is 4. The first-order valence-electron chi connectivity index (χ1n) is 4.80. The number of nitrogens with zero attached hydrogens (tertiary/aromatic N) is 1. The monoisotopic (exact) mass is 199 g/mol. The van der Waals surface area contributed by atoms with Crippen LogP contribution in [0.3, 0.4) is 0 Å². The topological polar surface area (TPSA) is 33.0 Å². The highest BCUT2D eigenvalue weighted by Gasteiger charge is 2.32. The summed E-state index contributed by atoms with van der Waals surface area (Å²) in [4.78, 5) is 0. The zero-order valence-corrected chi connectivity index (χ0v) is 10.6. The van der Waals surface area contributed by atoms with E-state index in [4.69, 9.17) is 9.69 Å². The van der Waals surface area contributed by atoms with Crippen LogP contribution >= 0.6 is 0 Å². The second-order valence-electron chi connectivity index (χ2n) is 5.16. The molecule has 76 valence electrons. The Morgan fingerprint density at radius 2 is 1.85 bits per heavy atom. The van der Waals surface area contributed by atoms with Crippen LogP contribution in [0, 0.1) is 17.2 Å². The minimum Gasteiger partial charge on any atom is -0.400 e. The van der Waals surface area contributed by atoms with Gasteiger partial charge in [0.2, 0.25) is 0 Å². The second-order valence-corrected chi connectivity index (χ2v) is 9.58. The van der Waals surface area contributed by atoms with E-state index >= 15 is 0 Å². The summed E-state index contributed by atoms with van der Waals surface area (Å²) in [7, 11) is -1.60. The molecule has 0 aliphatic rings. The van der Waals surface area contributed by atoms with E-state index in [0.29, 0.717) is 5.92 Å². The van der Waals surface area contributed by atoms with E-state index in [0.717, 1.165) is 6.42 Å². The number of hydrogen-bond acceptors (Lipinski definition) is 2. The van der Waals surface area contributed by atoms with Crippen molar-refractivity contribution in [3.05, 3.63) is 0 Å². The highest BCUT2D eigenvalue weighted by Crippen LogP contribution is 2.24. The van der Waals surface area contributed by atoms with Crippen molar-refractivity contribution in [3.8, 4) is 6.07 Å². The van der Waals surface area contributed by atoms with Gasteiger partial charge in [-0.3, -0.25) is 0 Å². The predicted octanol–water partition coefficient (Wildman–Crippen LogP) is 3.17. The molecule has 2 nitrogen and oxygen atoms in total. The fourth-order valence-electron chi connectivity index (χ4n) is 1.56. The van der Waals surface area contributed by atoms with E-state index in [-0.39, 0.29) is 0 Å². The molecule has 0 heterocycles. The number of hydrogen-bond donors (Lipinski definition) is 0. The van der Waals surface area contributed by atoms with Crippen LogP contribution in [0.5, 0.6) is 0 Å². The molecular formula is C10H21NOSi. The van der Waals surface area contributed by atoms with Crippen LogP contribution < -0.4 is 0 Å². The quantitative estimate of drug-likeness (QED) is 0.652. The molecule has 0 aromatic rings. The lowest BCUT2D eigenvalue weighted by molar-refractivity contribution is 0.115. The average Bonchev–Trinajstić information content (AvgIpc) is 1.81. The van der Waals surface area contributed by atoms with Gasteiger partial charge < -0.3 is 4.43 Å². The summed E-state index contributed by atoms with van der Waals surface area (Å²) in [5, 5.41) is 9.04. The van der Waals surface area contributed by atoms with Crippen LogP contribution in [0.25, 0.3) is 0 Å². The molecule has 0 saturated heterocycles. The van der Waals surface area contributed by atoms with Gasteiger partial charge in [-0.2, -0.15) is 5.26 Å². The summed E-state index contributed by atoms with van der Waals surface area (Å²) in [5.41, 5.74) is -0.585. The third-order valence-electron chi connectivity index (χ3n) is 1.57. The Morgan fingerprint density at radius 1 is 1.38 bits per heavy atom. The predicted molar refractivity (Wildman–Crippen MR) is 57.9 cm³/mol. The number of nitriles is 1. The van der Waals surface area contributed by atoms with Crippen LogP contribution in [0.1, 0.15) is 27.2 Å². The summed E-state index contributed by atoms with van der Waals surface area (Å²) < 4.78 is 5.86. The molecule has 0 fully saturated rings. The first kappa shape index (κ1) is 12.7. The Bertz CT molecular complexity index is 202. The molecule has 13 heavy (non-hydrogen) atoms. The fourth-order valence-corrected chi connectivity index (χ4v) is 3.05. The van der Waals surface area contributed by atoms with Crippen LogP contribution in [0.2, 0.25) is 19.6 Å². The molecule has 0 saturated carbocycles. The third kappa shape index (κ3) is 5.84. The Morgan fingerprint density at radius 3 is 2.08 bits per heavy atom. The van der Waals surface area contributed by atoms with Crippen molar-refractivity contribution < 1.29 is 4.43 Å². The van der Waals surface area contributed by atoms with E-state index in [1.54, 1.807) is 0 Å². The Hall–Kier alpha value is -0.333. The molecule has 3 heteroatoms. The summed E-state index contributed by atoms with van der Waals surface area (Å²) in [6, 6.07) is 2.28. The maximum Gasteiger partial charge on any atom is 0.185 e. The molecular weight excluding hydrogens is 178 g/mol. The largest absolute Gasteiger partial charge is 0.400 e. The van der Waals surface area contributed by atoms with E-state index in [1.165, 1.54) is 0 Å². The SMILES string of the molecule is CC(C)CC(C)(C#N)O[Si](C)(C)C. The van der Waals surface area contributed by atoms with Crippen molar-refractivity contribution in [2.75, 3.05) is 0 Å². The molecule has 0 aliphatic heterocycles. The van der Waals surface area contributed by atoms with Gasteiger partial charge in [-0.1, -0.05) is 13.8 Å². The van der Waals surface area contributed by atoms with Gasteiger partial charge in [0.15, 0.2) is 8.32 Å². The maximum absolute atomic E-state index is 9.04. The lowest BCUT2D eigenvalue weighted by atomic mass is 9.96. The van der Waals surface area contributed by atoms with Crippen molar-refractivity contribution >= 4 is 8.32 Å². The zero-order chi connectivity index (χ0) is 10.7. The van der Waals surface area contributed by atoms with Crippen molar-refractivity contribution in [1.82, 2.24) is 0 Å². The van der Waals surface area contributed by atoms with Gasteiger partial charge in [0.25, 0.3) is 0 Å². The van der Waals surface area contributed by atoms with Gasteiger partial charge in [0.1, 0.15) is 5.60 Å². The molecule has 0 radical (unpaired) electrons. The normalized spacial score (nSPS) is 16.8. The third-order valence-corrected chi connectivity index (χ3v) is 2.63. The fraction of sp³-hybridized carbons (Fsp3) is 0.900. The van der Waals surface area contributed by atoms with E-state index < -0.39 is 13.9 Å². The molecule has 1 atom stereocenters. The Labute approximate surface area is 83.0 Å². The van der Waals surface area contributed by atoms with E-state index in [1.807, 2.05) is 6.92 Å². The van der Waals surface area contributed by atoms with Crippen LogP contribution in [-0.2, 0) is 4.43 Å². The van der Waals surface area contributed by atoms with Gasteiger partial charge >= 0.3 is 0 Å². The highest BCUT2D eigenvalue weighted by atomic mass is 28.4. The highest BCUT2D eigenvalue weighted by molar-refractivity contribution is 6.69. The van der Waals surface area contributed by atoms with Gasteiger partial charge in [0, 0.05) is 0 Å². The first-order chi connectivity index (χ1) is 5.68. The molecule has 0 rings (SSSR count).